The molecule has 7 heteroatoms. The SMILES string of the molecule is Cc1ccc(C)c(-n2c(SCC3CCC(=O)N3)nnc2-c2ccccc2Cl)c1. The number of nitrogens with zero attached hydrogens (tertiary/aromatic N) is 3. The smallest absolute Gasteiger partial charge is 0.220 e. The number of amides is 1. The number of halogens is 1. The van der Waals surface area contributed by atoms with E-state index in [-0.39, 0.29) is 11.9 Å². The summed E-state index contributed by atoms with van der Waals surface area (Å²) in [6.45, 7) is 4.15. The summed E-state index contributed by atoms with van der Waals surface area (Å²) in [4.78, 5) is 11.5. The number of hydrogen-bond donors (Lipinski definition) is 1. The monoisotopic (exact) mass is 412 g/mol. The molecule has 1 unspecified atom stereocenters. The minimum atomic E-state index is 0.123. The molecule has 2 aromatic carbocycles. The first-order valence-corrected chi connectivity index (χ1v) is 10.6. The van der Waals surface area contributed by atoms with Crippen molar-refractivity contribution in [3.8, 4) is 17.1 Å². The molecule has 4 rings (SSSR count). The zero-order valence-electron chi connectivity index (χ0n) is 15.8. The van der Waals surface area contributed by atoms with Gasteiger partial charge in [0.1, 0.15) is 0 Å². The summed E-state index contributed by atoms with van der Waals surface area (Å²) >= 11 is 8.07. The van der Waals surface area contributed by atoms with E-state index in [4.69, 9.17) is 11.6 Å². The van der Waals surface area contributed by atoms with E-state index >= 15 is 0 Å². The van der Waals surface area contributed by atoms with Crippen molar-refractivity contribution in [1.82, 2.24) is 20.1 Å². The van der Waals surface area contributed by atoms with E-state index in [1.54, 1.807) is 11.8 Å². The lowest BCUT2D eigenvalue weighted by Crippen LogP contribution is -2.27. The molecule has 3 aromatic rings. The lowest BCUT2D eigenvalue weighted by molar-refractivity contribution is -0.119. The van der Waals surface area contributed by atoms with Crippen LogP contribution in [0, 0.1) is 13.8 Å². The van der Waals surface area contributed by atoms with Crippen LogP contribution >= 0.6 is 23.4 Å². The third kappa shape index (κ3) is 3.80. The van der Waals surface area contributed by atoms with Crippen LogP contribution in [0.4, 0.5) is 0 Å². The highest BCUT2D eigenvalue weighted by atomic mass is 35.5. The standard InChI is InChI=1S/C21H21ClN4OS/c1-13-7-8-14(2)18(11-13)26-20(16-5-3-4-6-17(16)22)24-25-21(26)28-12-15-9-10-19(27)23-15/h3-8,11,15H,9-10,12H2,1-2H3,(H,23,27). The van der Waals surface area contributed by atoms with Crippen LogP contribution in [0.5, 0.6) is 0 Å². The number of aryl methyl sites for hydroxylation is 2. The van der Waals surface area contributed by atoms with E-state index in [1.807, 2.05) is 24.3 Å². The van der Waals surface area contributed by atoms with Crippen LogP contribution in [0.25, 0.3) is 17.1 Å². The maximum absolute atomic E-state index is 11.5. The van der Waals surface area contributed by atoms with Gasteiger partial charge in [-0.05, 0) is 49.6 Å². The van der Waals surface area contributed by atoms with Crippen LogP contribution in [0.15, 0.2) is 47.6 Å². The van der Waals surface area contributed by atoms with Crippen LogP contribution in [0.3, 0.4) is 0 Å². The Kier molecular flexibility index (Phi) is 5.42. The summed E-state index contributed by atoms with van der Waals surface area (Å²) in [6.07, 6.45) is 1.46. The second-order valence-corrected chi connectivity index (χ2v) is 8.42. The summed E-state index contributed by atoms with van der Waals surface area (Å²) < 4.78 is 2.07. The average molecular weight is 413 g/mol. The maximum atomic E-state index is 11.5. The molecule has 1 saturated heterocycles. The topological polar surface area (TPSA) is 59.8 Å². The van der Waals surface area contributed by atoms with Gasteiger partial charge in [-0.2, -0.15) is 0 Å². The maximum Gasteiger partial charge on any atom is 0.220 e. The molecule has 0 saturated carbocycles. The second kappa shape index (κ2) is 7.97. The van der Waals surface area contributed by atoms with Gasteiger partial charge in [0.25, 0.3) is 0 Å². The van der Waals surface area contributed by atoms with Gasteiger partial charge in [0, 0.05) is 23.8 Å². The Morgan fingerprint density at radius 1 is 1.21 bits per heavy atom. The number of carbonyl (C=O) groups excluding carboxylic acids is 1. The molecule has 0 aliphatic carbocycles. The third-order valence-corrected chi connectivity index (χ3v) is 6.27. The number of benzene rings is 2. The molecular weight excluding hydrogens is 392 g/mol. The van der Waals surface area contributed by atoms with E-state index in [0.717, 1.165) is 40.0 Å². The van der Waals surface area contributed by atoms with Gasteiger partial charge in [0.15, 0.2) is 11.0 Å². The highest BCUT2D eigenvalue weighted by Crippen LogP contribution is 2.33. The molecule has 1 fully saturated rings. The molecule has 0 spiro atoms. The van der Waals surface area contributed by atoms with Gasteiger partial charge >= 0.3 is 0 Å². The quantitative estimate of drug-likeness (QED) is 0.623. The van der Waals surface area contributed by atoms with Crippen molar-refractivity contribution in [2.75, 3.05) is 5.75 Å². The van der Waals surface area contributed by atoms with Crippen molar-refractivity contribution < 1.29 is 4.79 Å². The van der Waals surface area contributed by atoms with E-state index in [1.165, 1.54) is 5.56 Å². The molecule has 0 radical (unpaired) electrons. The van der Waals surface area contributed by atoms with Crippen LogP contribution in [0.1, 0.15) is 24.0 Å². The summed E-state index contributed by atoms with van der Waals surface area (Å²) in [5.74, 6) is 1.60. The fourth-order valence-electron chi connectivity index (χ4n) is 3.34. The third-order valence-electron chi connectivity index (χ3n) is 4.85. The van der Waals surface area contributed by atoms with Gasteiger partial charge in [-0.25, -0.2) is 0 Å². The van der Waals surface area contributed by atoms with Crippen molar-refractivity contribution in [2.45, 2.75) is 37.9 Å². The van der Waals surface area contributed by atoms with Crippen LogP contribution in [-0.4, -0.2) is 32.5 Å². The lowest BCUT2D eigenvalue weighted by atomic mass is 10.1. The number of carbonyl (C=O) groups is 1. The van der Waals surface area contributed by atoms with E-state index < -0.39 is 0 Å². The summed E-state index contributed by atoms with van der Waals surface area (Å²) in [7, 11) is 0. The average Bonchev–Trinajstić information content (AvgIpc) is 3.28. The Morgan fingerprint density at radius 2 is 2.04 bits per heavy atom. The molecule has 1 amide bonds. The number of nitrogens with one attached hydrogen (secondary N) is 1. The fraction of sp³-hybridized carbons (Fsp3) is 0.286. The molecule has 0 bridgehead atoms. The first-order chi connectivity index (χ1) is 13.5. The number of rotatable bonds is 5. The number of aromatic nitrogens is 3. The van der Waals surface area contributed by atoms with Crippen molar-refractivity contribution in [3.05, 3.63) is 58.6 Å². The predicted octanol–water partition coefficient (Wildman–Crippen LogP) is 4.58. The van der Waals surface area contributed by atoms with Gasteiger partial charge in [-0.1, -0.05) is 47.6 Å². The zero-order valence-corrected chi connectivity index (χ0v) is 17.3. The molecular formula is C21H21ClN4OS. The van der Waals surface area contributed by atoms with E-state index in [0.29, 0.717) is 11.4 Å². The molecule has 28 heavy (non-hydrogen) atoms. The molecule has 5 nitrogen and oxygen atoms in total. The second-order valence-electron chi connectivity index (χ2n) is 7.03. The predicted molar refractivity (Wildman–Crippen MR) is 113 cm³/mol. The molecule has 1 N–H and O–H groups in total. The Hall–Kier alpha value is -2.31. The van der Waals surface area contributed by atoms with Crippen LogP contribution in [-0.2, 0) is 4.79 Å². The fourth-order valence-corrected chi connectivity index (χ4v) is 4.57. The first kappa shape index (κ1) is 19.0. The summed E-state index contributed by atoms with van der Waals surface area (Å²) in [5.41, 5.74) is 4.18. The normalized spacial score (nSPS) is 16.4. The molecule has 1 aliphatic rings. The number of thioether (sulfide) groups is 1. The van der Waals surface area contributed by atoms with Gasteiger partial charge in [0.05, 0.1) is 10.7 Å². The molecule has 1 atom stereocenters. The minimum Gasteiger partial charge on any atom is -0.353 e. The Balaban J connectivity index is 1.77. The van der Waals surface area contributed by atoms with E-state index in [9.17, 15) is 4.79 Å². The lowest BCUT2D eigenvalue weighted by Gasteiger charge is -2.15. The molecule has 2 heterocycles. The van der Waals surface area contributed by atoms with Crippen LogP contribution < -0.4 is 5.32 Å². The van der Waals surface area contributed by atoms with Gasteiger partial charge < -0.3 is 5.32 Å². The largest absolute Gasteiger partial charge is 0.353 e. The van der Waals surface area contributed by atoms with Gasteiger partial charge in [-0.15, -0.1) is 10.2 Å². The van der Waals surface area contributed by atoms with Crippen molar-refractivity contribution in [2.24, 2.45) is 0 Å². The van der Waals surface area contributed by atoms with Crippen LogP contribution in [0.2, 0.25) is 5.02 Å². The zero-order chi connectivity index (χ0) is 19.7. The number of hydrogen-bond acceptors (Lipinski definition) is 4. The van der Waals surface area contributed by atoms with Crippen molar-refractivity contribution in [1.29, 1.82) is 0 Å². The summed E-state index contributed by atoms with van der Waals surface area (Å²) in [5, 5.41) is 13.4. The van der Waals surface area contributed by atoms with Gasteiger partial charge in [0.2, 0.25) is 5.91 Å². The van der Waals surface area contributed by atoms with Gasteiger partial charge in [-0.3, -0.25) is 9.36 Å². The summed E-state index contributed by atoms with van der Waals surface area (Å²) in [6, 6.07) is 14.2. The Morgan fingerprint density at radius 3 is 2.79 bits per heavy atom. The Labute approximate surface area is 173 Å². The highest BCUT2D eigenvalue weighted by Gasteiger charge is 2.24. The minimum absolute atomic E-state index is 0.123. The van der Waals surface area contributed by atoms with E-state index in [2.05, 4.69) is 52.1 Å². The molecule has 144 valence electrons. The highest BCUT2D eigenvalue weighted by molar-refractivity contribution is 7.99. The van der Waals surface area contributed by atoms with Crippen molar-refractivity contribution >= 4 is 29.3 Å². The Bertz CT molecular complexity index is 1030. The molecule has 1 aliphatic heterocycles. The van der Waals surface area contributed by atoms with Crippen molar-refractivity contribution in [3.63, 3.8) is 0 Å². The first-order valence-electron chi connectivity index (χ1n) is 9.23. The molecule has 1 aromatic heterocycles.